The van der Waals surface area contributed by atoms with Crippen LogP contribution in [0.3, 0.4) is 0 Å². The molecule has 0 heterocycles. The first-order valence-corrected chi connectivity index (χ1v) is 50.2. The van der Waals surface area contributed by atoms with E-state index in [0.717, 1.165) is 166 Å². The van der Waals surface area contributed by atoms with Gasteiger partial charge >= 0.3 is 0 Å². The Morgan fingerprint density at radius 3 is 1.00 bits per heavy atom. The Morgan fingerprint density at radius 2 is 0.664 bits per heavy atom. The van der Waals surface area contributed by atoms with Gasteiger partial charge in [0.15, 0.2) is 0 Å². The second kappa shape index (κ2) is 33.4. The van der Waals surface area contributed by atoms with Crippen molar-refractivity contribution in [1.82, 2.24) is 0 Å². The predicted octanol–water partition coefficient (Wildman–Crippen LogP) is 19.7. The van der Waals surface area contributed by atoms with Crippen molar-refractivity contribution >= 4 is 70.2 Å². The first-order chi connectivity index (χ1) is 51.1. The normalized spacial score (nSPS) is 50.1. The molecular weight excluding hydrogens is 1410 g/mol. The summed E-state index contributed by atoms with van der Waals surface area (Å²) in [5, 5.41) is 42.9. The summed E-state index contributed by atoms with van der Waals surface area (Å²) in [4.78, 5) is 51.0. The van der Waals surface area contributed by atoms with Gasteiger partial charge in [0.05, 0.1) is 46.4 Å². The lowest BCUT2D eigenvalue weighted by molar-refractivity contribution is -0.134. The van der Waals surface area contributed by atoms with Gasteiger partial charge in [-0.15, -0.1) is 0 Å². The van der Waals surface area contributed by atoms with Crippen LogP contribution in [0.25, 0.3) is 0 Å². The average Bonchev–Trinajstić information content (AvgIpc) is 1.68. The van der Waals surface area contributed by atoms with Gasteiger partial charge in [-0.25, -0.2) is 4.39 Å². The Labute approximate surface area is 665 Å². The molecule has 604 valence electrons. The summed E-state index contributed by atoms with van der Waals surface area (Å²) in [5.74, 6) is 28.6. The molecule has 0 bridgehead atoms. The van der Waals surface area contributed by atoms with Crippen molar-refractivity contribution < 1.29 is 48.7 Å². The quantitative estimate of drug-likeness (QED) is 0.115. The van der Waals surface area contributed by atoms with E-state index in [1.807, 2.05) is 13.2 Å². The molecule has 0 aromatic rings. The topological polar surface area (TPSA) is 158 Å². The van der Waals surface area contributed by atoms with Crippen molar-refractivity contribution in [2.24, 2.45) is 170 Å². The number of carbonyl (C=O) groups is 4. The Kier molecular flexibility index (Phi) is 25.9. The summed E-state index contributed by atoms with van der Waals surface area (Å²) < 4.78 is 18.6. The maximum absolute atomic E-state index is 13.3. The SMILES string of the molecule is COC[C@@]1(O)CC[C@H]2[C@H](CC[C@@H]3[C@@H]2CC[C@]2(C)[C@@H](C(=O)CSC)CC[C@@H]32)C1.CSCC(=O)[C@H]1CC[C@H]2[C@@H]3CC[C@@H]4C[C@@](O)(C#CC5CC5)CC[C@@H]4[C@H]3CC[C@]12C.CSCC(=O)[C@H]1CC[C@H]2[C@@H]3CC[C@@H]4C[C@@](O)(CF)CC[C@@H]4[C@H]3CC[C@]12C.CSCC(=O)[C@H]1CC[C@H]2[C@@H]3CC[C@@H]4C[C@](C)(O)CC[C@@H]4[C@H]3CC[C@]12C. The van der Waals surface area contributed by atoms with Crippen molar-refractivity contribution in [3.8, 4) is 11.8 Å². The van der Waals surface area contributed by atoms with Crippen LogP contribution < -0.4 is 0 Å². The number of Topliss-reactive ketones (excluding diaryl/α,β-unsaturated/α-hetero) is 4. The number of ketones is 4. The number of hydrogen-bond acceptors (Lipinski definition) is 13. The largest absolute Gasteiger partial charge is 0.390 e. The van der Waals surface area contributed by atoms with Gasteiger partial charge in [-0.2, -0.15) is 47.0 Å². The molecule has 0 unspecified atom stereocenters. The highest BCUT2D eigenvalue weighted by atomic mass is 32.2. The summed E-state index contributed by atoms with van der Waals surface area (Å²) >= 11 is 6.76. The zero-order valence-corrected chi connectivity index (χ0v) is 71.7. The molecule has 0 spiro atoms. The Hall–Kier alpha value is -0.630. The number of ether oxygens (including phenoxy) is 1. The minimum atomic E-state index is -1.04. The van der Waals surface area contributed by atoms with Crippen molar-refractivity contribution in [2.45, 2.75) is 301 Å². The van der Waals surface area contributed by atoms with Crippen LogP contribution in [0.4, 0.5) is 4.39 Å². The third kappa shape index (κ3) is 16.2. The molecular formula is C93H147FO9S4. The Morgan fingerprint density at radius 1 is 0.355 bits per heavy atom. The van der Waals surface area contributed by atoms with E-state index >= 15 is 0 Å². The number of alkyl halides is 1. The van der Waals surface area contributed by atoms with Crippen LogP contribution in [-0.2, 0) is 23.9 Å². The third-order valence-corrected chi connectivity index (χ3v) is 39.2. The lowest BCUT2D eigenvalue weighted by Gasteiger charge is -2.57. The van der Waals surface area contributed by atoms with Gasteiger partial charge in [0.1, 0.15) is 35.4 Å². The fourth-order valence-electron chi connectivity index (χ4n) is 32.1. The number of thioether (sulfide) groups is 4. The lowest BCUT2D eigenvalue weighted by atomic mass is 9.49. The molecule has 0 amide bonds. The van der Waals surface area contributed by atoms with Gasteiger partial charge in [-0.3, -0.25) is 19.2 Å². The van der Waals surface area contributed by atoms with Crippen LogP contribution in [-0.4, -0.2) is 134 Å². The molecule has 17 aliphatic rings. The van der Waals surface area contributed by atoms with Gasteiger partial charge in [0, 0.05) is 36.7 Å². The summed E-state index contributed by atoms with van der Waals surface area (Å²) in [5.41, 5.74) is -1.74. The molecule has 0 aliphatic heterocycles. The number of halogens is 1. The zero-order valence-electron chi connectivity index (χ0n) is 68.4. The van der Waals surface area contributed by atoms with E-state index in [9.17, 15) is 44.0 Å². The number of hydrogen-bond donors (Lipinski definition) is 4. The van der Waals surface area contributed by atoms with Gasteiger partial charge < -0.3 is 25.2 Å². The maximum atomic E-state index is 13.3. The molecule has 4 N–H and O–H groups in total. The molecule has 9 nitrogen and oxygen atoms in total. The van der Waals surface area contributed by atoms with E-state index in [1.165, 1.54) is 154 Å². The zero-order chi connectivity index (χ0) is 75.8. The van der Waals surface area contributed by atoms with Gasteiger partial charge in [-0.1, -0.05) is 39.5 Å². The van der Waals surface area contributed by atoms with Crippen molar-refractivity contribution in [2.75, 3.05) is 68.4 Å². The van der Waals surface area contributed by atoms with Crippen LogP contribution in [0.15, 0.2) is 0 Å². The second-order valence-electron chi connectivity index (χ2n) is 42.1. The summed E-state index contributed by atoms with van der Waals surface area (Å²) in [6.07, 6.45) is 52.2. The standard InChI is InChI=1S/C26H38O2S.C23H38O3S.C22H35FO2S.C22H36O2S/c1-25-12-10-20-19-11-14-26(28,13-9-17-3-4-17)15-18(19)5-6-21(20)22(25)7-8-23(25)24(27)16-29-2;1-22-10-8-17-16-9-11-23(25,14-26-2)12-15(16)4-5-18(17)19(22)6-7-20(22)21(24)13-27-3;1-21-9-7-16-15-8-10-22(25,13-23)11-14(15)3-4-17(16)18(21)5-6-19(21)20(24)12-26-2;1-21(24)10-8-15-14(12-21)4-5-17-16(15)9-11-22(2)18(17)6-7-19(22)20(23)13-25-3/h17-23,28H,3-8,10-12,14-16H2,1-2H3;15-20,25H,4-14H2,1-3H3;14-19,25H,3-13H2,1-2H3;14-19,24H,4-13H2,1-3H3/t18-,19+,20-,21-,22+,23-,25+,26-;15-,16+,17-,18-,19+,20-,22+,23-;14-,15+,16-,17-,18+,19-,21+,22-;14-,15+,16-,17-,18+,19-,21-,22+/m1111/s1. The molecule has 17 rings (SSSR count). The smallest absolute Gasteiger partial charge is 0.146 e. The van der Waals surface area contributed by atoms with Crippen LogP contribution in [0.1, 0.15) is 279 Å². The van der Waals surface area contributed by atoms with Gasteiger partial charge in [0.25, 0.3) is 0 Å². The number of fused-ring (bicyclic) bond motifs is 20. The van der Waals surface area contributed by atoms with Gasteiger partial charge in [0.2, 0.25) is 0 Å². The molecule has 32 atom stereocenters. The Bertz CT molecular complexity index is 3190. The monoisotopic (exact) mass is 1550 g/mol. The van der Waals surface area contributed by atoms with Gasteiger partial charge in [-0.05, 0) is 416 Å². The minimum Gasteiger partial charge on any atom is -0.390 e. The molecule has 17 fully saturated rings. The van der Waals surface area contributed by atoms with E-state index < -0.39 is 29.1 Å². The number of methoxy groups -OCH3 is 1. The highest BCUT2D eigenvalue weighted by Crippen LogP contribution is 2.70. The fraction of sp³-hybridized carbons (Fsp3) is 0.935. The van der Waals surface area contributed by atoms with Crippen molar-refractivity contribution in [1.29, 1.82) is 0 Å². The van der Waals surface area contributed by atoms with Crippen LogP contribution in [0.2, 0.25) is 0 Å². The first kappa shape index (κ1) is 82.9. The summed E-state index contributed by atoms with van der Waals surface area (Å²) in [6.45, 7) is 11.7. The molecule has 0 radical (unpaired) electrons. The second-order valence-corrected chi connectivity index (χ2v) is 45.6. The highest BCUT2D eigenvalue weighted by Gasteiger charge is 2.64. The van der Waals surface area contributed by atoms with E-state index in [2.05, 4.69) is 58.3 Å². The molecule has 0 aromatic heterocycles. The van der Waals surface area contributed by atoms with E-state index in [0.29, 0.717) is 119 Å². The van der Waals surface area contributed by atoms with E-state index in [1.54, 1.807) is 54.2 Å². The van der Waals surface area contributed by atoms with Crippen molar-refractivity contribution in [3.63, 3.8) is 0 Å². The highest BCUT2D eigenvalue weighted by molar-refractivity contribution is 7.99. The molecule has 0 saturated heterocycles. The number of aliphatic hydroxyl groups is 4. The first-order valence-electron chi connectivity index (χ1n) is 44.7. The number of rotatable bonds is 15. The molecule has 107 heavy (non-hydrogen) atoms. The maximum Gasteiger partial charge on any atom is 0.146 e. The predicted molar refractivity (Wildman–Crippen MR) is 440 cm³/mol. The van der Waals surface area contributed by atoms with Crippen LogP contribution in [0, 0.1) is 181 Å². The Balaban J connectivity index is 0.000000120. The molecule has 14 heteroatoms. The summed E-state index contributed by atoms with van der Waals surface area (Å²) in [6, 6.07) is 0. The average molecular weight is 1560 g/mol. The summed E-state index contributed by atoms with van der Waals surface area (Å²) in [7, 11) is 1.71. The molecule has 17 saturated carbocycles. The minimum absolute atomic E-state index is 0.217. The fourth-order valence-corrected chi connectivity index (χ4v) is 34.0. The van der Waals surface area contributed by atoms with E-state index in [4.69, 9.17) is 4.74 Å². The number of carbonyl (C=O) groups excluding carboxylic acids is 4. The van der Waals surface area contributed by atoms with Crippen molar-refractivity contribution in [3.05, 3.63) is 0 Å². The van der Waals surface area contributed by atoms with E-state index in [-0.39, 0.29) is 27.6 Å². The third-order valence-electron chi connectivity index (χ3n) is 36.9. The lowest BCUT2D eigenvalue weighted by Crippen LogP contribution is -2.52. The van der Waals surface area contributed by atoms with Crippen LogP contribution >= 0.6 is 47.0 Å². The molecule has 17 aliphatic carbocycles. The molecule has 0 aromatic carbocycles. The van der Waals surface area contributed by atoms with Crippen LogP contribution in [0.5, 0.6) is 0 Å².